The van der Waals surface area contributed by atoms with E-state index in [4.69, 9.17) is 0 Å². The van der Waals surface area contributed by atoms with Crippen molar-refractivity contribution in [3.05, 3.63) is 12.2 Å². The molecule has 1 aliphatic heterocycles. The Morgan fingerprint density at radius 3 is 2.00 bits per heavy atom. The molecule has 0 aromatic rings. The third kappa shape index (κ3) is 5.81. The Morgan fingerprint density at radius 1 is 1.00 bits per heavy atom. The molecule has 8 heteroatoms. The number of Topliss-reactive ketones (excluding diaryl/α,β-unsaturated/α-hetero) is 1. The van der Waals surface area contributed by atoms with Crippen molar-refractivity contribution in [2.24, 2.45) is 5.41 Å². The van der Waals surface area contributed by atoms with Crippen LogP contribution in [0.4, 0.5) is 0 Å². The third-order valence-electron chi connectivity index (χ3n) is 3.73. The highest BCUT2D eigenvalue weighted by molar-refractivity contribution is 6.13. The van der Waals surface area contributed by atoms with Crippen molar-refractivity contribution < 1.29 is 24.0 Å². The molecular formula is C17H25N3O5. The van der Waals surface area contributed by atoms with Crippen molar-refractivity contribution in [1.29, 1.82) is 0 Å². The fourth-order valence-corrected chi connectivity index (χ4v) is 2.30. The summed E-state index contributed by atoms with van der Waals surface area (Å²) in [6, 6.07) is -1.51. The number of carbonyl (C=O) groups is 5. The monoisotopic (exact) mass is 351 g/mol. The number of hydrogen-bond donors (Lipinski definition) is 2. The molecule has 0 aliphatic carbocycles. The zero-order valence-corrected chi connectivity index (χ0v) is 15.2. The second-order valence-corrected chi connectivity index (χ2v) is 7.05. The topological polar surface area (TPSA) is 113 Å². The smallest absolute Gasteiger partial charge is 0.253 e. The van der Waals surface area contributed by atoms with Crippen LogP contribution in [0.2, 0.25) is 0 Å². The van der Waals surface area contributed by atoms with E-state index in [9.17, 15) is 24.0 Å². The minimum atomic E-state index is -0.842. The molecule has 0 radical (unpaired) electrons. The first-order valence-corrected chi connectivity index (χ1v) is 8.11. The van der Waals surface area contributed by atoms with Gasteiger partial charge in [0.1, 0.15) is 6.04 Å². The van der Waals surface area contributed by atoms with E-state index < -0.39 is 41.1 Å². The molecule has 1 heterocycles. The molecule has 0 aromatic carbocycles. The lowest BCUT2D eigenvalue weighted by atomic mass is 9.87. The number of ketones is 1. The van der Waals surface area contributed by atoms with Crippen LogP contribution in [0.25, 0.3) is 0 Å². The zero-order chi connectivity index (χ0) is 19.4. The Morgan fingerprint density at radius 2 is 1.52 bits per heavy atom. The lowest BCUT2D eigenvalue weighted by Gasteiger charge is -2.24. The molecule has 2 atom stereocenters. The molecule has 0 unspecified atom stereocenters. The Hall–Kier alpha value is -2.51. The maximum atomic E-state index is 12.1. The largest absolute Gasteiger partial charge is 0.345 e. The lowest BCUT2D eigenvalue weighted by molar-refractivity contribution is -0.137. The second-order valence-electron chi connectivity index (χ2n) is 7.05. The fourth-order valence-electron chi connectivity index (χ4n) is 2.30. The number of nitrogens with zero attached hydrogens (tertiary/aromatic N) is 1. The van der Waals surface area contributed by atoms with E-state index in [-0.39, 0.29) is 18.7 Å². The van der Waals surface area contributed by atoms with Gasteiger partial charge in [-0.3, -0.25) is 28.9 Å². The molecule has 8 nitrogen and oxygen atoms in total. The highest BCUT2D eigenvalue weighted by atomic mass is 16.2. The summed E-state index contributed by atoms with van der Waals surface area (Å²) in [6.45, 7) is 8.33. The quantitative estimate of drug-likeness (QED) is 0.623. The molecule has 0 saturated heterocycles. The van der Waals surface area contributed by atoms with E-state index in [2.05, 4.69) is 10.6 Å². The Labute approximate surface area is 147 Å². The van der Waals surface area contributed by atoms with Gasteiger partial charge in [-0.1, -0.05) is 20.8 Å². The normalized spacial score (nSPS) is 16.6. The van der Waals surface area contributed by atoms with E-state index in [1.807, 2.05) is 0 Å². The summed E-state index contributed by atoms with van der Waals surface area (Å²) in [6.07, 6.45) is 2.18. The van der Waals surface area contributed by atoms with Gasteiger partial charge in [-0.25, -0.2) is 0 Å². The molecule has 2 N–H and O–H groups in total. The summed E-state index contributed by atoms with van der Waals surface area (Å²) in [5.41, 5.74) is -0.581. The number of nitrogens with one attached hydrogen (secondary N) is 2. The Bertz CT molecular complexity index is 600. The predicted octanol–water partition coefficient (Wildman–Crippen LogP) is -0.0739. The Balaban J connectivity index is 2.44. The van der Waals surface area contributed by atoms with Crippen LogP contribution in [0.3, 0.4) is 0 Å². The van der Waals surface area contributed by atoms with E-state index in [0.717, 1.165) is 17.1 Å². The van der Waals surface area contributed by atoms with Crippen molar-refractivity contribution in [3.8, 4) is 0 Å². The van der Waals surface area contributed by atoms with Crippen molar-refractivity contribution in [2.45, 2.75) is 53.1 Å². The summed E-state index contributed by atoms with van der Waals surface area (Å²) >= 11 is 0. The minimum Gasteiger partial charge on any atom is -0.345 e. The maximum Gasteiger partial charge on any atom is 0.253 e. The Kier molecular flexibility index (Phi) is 6.61. The molecule has 0 fully saturated rings. The van der Waals surface area contributed by atoms with Gasteiger partial charge >= 0.3 is 0 Å². The van der Waals surface area contributed by atoms with Crippen LogP contribution in [0.1, 0.15) is 41.0 Å². The van der Waals surface area contributed by atoms with Gasteiger partial charge < -0.3 is 10.6 Å². The highest BCUT2D eigenvalue weighted by Crippen LogP contribution is 2.16. The van der Waals surface area contributed by atoms with Gasteiger partial charge in [-0.15, -0.1) is 0 Å². The van der Waals surface area contributed by atoms with Crippen LogP contribution in [0.5, 0.6) is 0 Å². The lowest BCUT2D eigenvalue weighted by Crippen LogP contribution is -2.51. The van der Waals surface area contributed by atoms with Gasteiger partial charge in [0.15, 0.2) is 5.78 Å². The summed E-state index contributed by atoms with van der Waals surface area (Å²) in [5.74, 6) is -1.98. The van der Waals surface area contributed by atoms with Gasteiger partial charge in [-0.05, 0) is 13.8 Å². The SMILES string of the molecule is C[C@H](NC(=O)CCN1C(=O)C=CC1=O)C(=O)N[C@@H](C)C(=O)C(C)(C)C. The van der Waals surface area contributed by atoms with Gasteiger partial charge in [0.05, 0.1) is 6.04 Å². The summed E-state index contributed by atoms with van der Waals surface area (Å²) in [5, 5.41) is 5.06. The number of imide groups is 1. The average molecular weight is 351 g/mol. The standard InChI is InChI=1S/C17H25N3O5/c1-10(15(24)17(3,4)5)19-16(25)11(2)18-12(21)8-9-20-13(22)6-7-14(20)23/h6-7,10-11H,8-9H2,1-5H3,(H,18,21)(H,19,25)/t10-,11-/m0/s1. The van der Waals surface area contributed by atoms with Gasteiger partial charge in [0, 0.05) is 30.5 Å². The van der Waals surface area contributed by atoms with Crippen molar-refractivity contribution in [1.82, 2.24) is 15.5 Å². The third-order valence-corrected chi connectivity index (χ3v) is 3.73. The number of hydrogen-bond acceptors (Lipinski definition) is 5. The van der Waals surface area contributed by atoms with Crippen molar-refractivity contribution >= 4 is 29.4 Å². The highest BCUT2D eigenvalue weighted by Gasteiger charge is 2.29. The first-order chi connectivity index (χ1) is 11.4. The van der Waals surface area contributed by atoms with Crippen LogP contribution in [0, 0.1) is 5.41 Å². The fraction of sp³-hybridized carbons (Fsp3) is 0.588. The zero-order valence-electron chi connectivity index (χ0n) is 15.2. The second kappa shape index (κ2) is 8.04. The van der Waals surface area contributed by atoms with Crippen LogP contribution in [-0.2, 0) is 24.0 Å². The van der Waals surface area contributed by atoms with E-state index in [0.29, 0.717) is 0 Å². The van der Waals surface area contributed by atoms with Gasteiger partial charge in [0.2, 0.25) is 11.8 Å². The minimum absolute atomic E-state index is 0.0518. The predicted molar refractivity (Wildman–Crippen MR) is 90.1 cm³/mol. The van der Waals surface area contributed by atoms with E-state index in [1.54, 1.807) is 27.7 Å². The molecule has 0 aromatic heterocycles. The number of carbonyl (C=O) groups excluding carboxylic acids is 5. The van der Waals surface area contributed by atoms with Crippen molar-refractivity contribution in [2.75, 3.05) is 6.54 Å². The summed E-state index contributed by atoms with van der Waals surface area (Å²) < 4.78 is 0. The summed E-state index contributed by atoms with van der Waals surface area (Å²) in [4.78, 5) is 59.8. The van der Waals surface area contributed by atoms with Gasteiger partial charge in [0.25, 0.3) is 11.8 Å². The molecule has 4 amide bonds. The molecule has 0 bridgehead atoms. The molecule has 1 aliphatic rings. The number of rotatable bonds is 7. The molecule has 0 saturated carbocycles. The molecule has 138 valence electrons. The summed E-state index contributed by atoms with van der Waals surface area (Å²) in [7, 11) is 0. The maximum absolute atomic E-state index is 12.1. The van der Waals surface area contributed by atoms with E-state index in [1.165, 1.54) is 6.92 Å². The molecule has 25 heavy (non-hydrogen) atoms. The van der Waals surface area contributed by atoms with Crippen LogP contribution < -0.4 is 10.6 Å². The molecule has 1 rings (SSSR count). The van der Waals surface area contributed by atoms with Crippen molar-refractivity contribution in [3.63, 3.8) is 0 Å². The van der Waals surface area contributed by atoms with E-state index >= 15 is 0 Å². The first kappa shape index (κ1) is 20.5. The average Bonchev–Trinajstić information content (AvgIpc) is 2.81. The number of amides is 4. The van der Waals surface area contributed by atoms with Crippen LogP contribution in [-0.4, -0.2) is 52.9 Å². The van der Waals surface area contributed by atoms with Crippen LogP contribution in [0.15, 0.2) is 12.2 Å². The molecule has 0 spiro atoms. The van der Waals surface area contributed by atoms with Crippen LogP contribution >= 0.6 is 0 Å². The first-order valence-electron chi connectivity index (χ1n) is 8.11. The molecular weight excluding hydrogens is 326 g/mol. The van der Waals surface area contributed by atoms with Gasteiger partial charge in [-0.2, -0.15) is 0 Å².